The molecular weight excluding hydrogens is 304 g/mol. The molecule has 3 rings (SSSR count). The van der Waals surface area contributed by atoms with Crippen LogP contribution in [0.25, 0.3) is 16.7 Å². The van der Waals surface area contributed by atoms with Crippen molar-refractivity contribution in [2.45, 2.75) is 13.8 Å². The summed E-state index contributed by atoms with van der Waals surface area (Å²) in [6.45, 7) is 4.60. The molecule has 0 atom stereocenters. The average molecular weight is 319 g/mol. The van der Waals surface area contributed by atoms with Gasteiger partial charge in [-0.1, -0.05) is 23.7 Å². The van der Waals surface area contributed by atoms with Crippen LogP contribution in [0.1, 0.15) is 12.5 Å². The largest absolute Gasteiger partial charge is 0.492 e. The fraction of sp³-hybridized carbons (Fsp3) is 0.188. The van der Waals surface area contributed by atoms with E-state index in [-0.39, 0.29) is 0 Å². The van der Waals surface area contributed by atoms with E-state index in [2.05, 4.69) is 4.98 Å². The third-order valence-electron chi connectivity index (χ3n) is 3.32. The molecule has 0 aliphatic carbocycles. The van der Waals surface area contributed by atoms with Crippen molar-refractivity contribution in [1.29, 1.82) is 0 Å². The van der Waals surface area contributed by atoms with Gasteiger partial charge < -0.3 is 9.72 Å². The van der Waals surface area contributed by atoms with Gasteiger partial charge in [-0.3, -0.25) is 4.57 Å². The van der Waals surface area contributed by atoms with Gasteiger partial charge in [0.25, 0.3) is 0 Å². The van der Waals surface area contributed by atoms with Gasteiger partial charge in [0.1, 0.15) is 11.3 Å². The van der Waals surface area contributed by atoms with Crippen molar-refractivity contribution < 1.29 is 4.74 Å². The molecule has 0 aliphatic heterocycles. The van der Waals surface area contributed by atoms with Crippen LogP contribution in [0.3, 0.4) is 0 Å². The van der Waals surface area contributed by atoms with Crippen molar-refractivity contribution in [2.24, 2.45) is 0 Å². The summed E-state index contributed by atoms with van der Waals surface area (Å²) in [7, 11) is 0. The summed E-state index contributed by atoms with van der Waals surface area (Å²) in [4.78, 5) is 3.22. The summed E-state index contributed by atoms with van der Waals surface area (Å²) in [5, 5.41) is 0.666. The lowest BCUT2D eigenvalue weighted by atomic mass is 10.2. The van der Waals surface area contributed by atoms with Crippen molar-refractivity contribution in [2.75, 3.05) is 6.61 Å². The first-order chi connectivity index (χ1) is 10.1. The van der Waals surface area contributed by atoms with Crippen LogP contribution in [0, 0.1) is 11.7 Å². The summed E-state index contributed by atoms with van der Waals surface area (Å²) in [6, 6.07) is 11.8. The summed E-state index contributed by atoms with van der Waals surface area (Å²) in [5.41, 5.74) is 3.86. The molecular formula is C16H15ClN2OS. The van der Waals surface area contributed by atoms with Gasteiger partial charge >= 0.3 is 0 Å². The first-order valence-electron chi connectivity index (χ1n) is 6.75. The lowest BCUT2D eigenvalue weighted by molar-refractivity contribution is 0.343. The summed E-state index contributed by atoms with van der Waals surface area (Å²) in [5.74, 6) is 0.795. The van der Waals surface area contributed by atoms with Crippen LogP contribution >= 0.6 is 23.8 Å². The number of aryl methyl sites for hydroxylation is 1. The number of fused-ring (bicyclic) bond motifs is 1. The predicted molar refractivity (Wildman–Crippen MR) is 89.4 cm³/mol. The Morgan fingerprint density at radius 1 is 1.29 bits per heavy atom. The van der Waals surface area contributed by atoms with Gasteiger partial charge in [0.15, 0.2) is 4.77 Å². The first-order valence-corrected chi connectivity index (χ1v) is 7.53. The molecule has 0 bridgehead atoms. The molecule has 3 aromatic rings. The topological polar surface area (TPSA) is 29.9 Å². The minimum Gasteiger partial charge on any atom is -0.492 e. The second kappa shape index (κ2) is 5.54. The van der Waals surface area contributed by atoms with Gasteiger partial charge in [-0.25, -0.2) is 0 Å². The van der Waals surface area contributed by atoms with Gasteiger partial charge in [-0.15, -0.1) is 0 Å². The molecule has 0 spiro atoms. The number of nitrogens with zero attached hydrogens (tertiary/aromatic N) is 1. The maximum atomic E-state index is 6.35. The quantitative estimate of drug-likeness (QED) is 0.685. The number of halogens is 1. The van der Waals surface area contributed by atoms with Crippen LogP contribution in [-0.4, -0.2) is 16.2 Å². The smallest absolute Gasteiger partial charge is 0.182 e. The molecule has 2 aromatic carbocycles. The standard InChI is InChI=1S/C16H15ClN2OS/c1-3-20-14-6-4-5-12-15(14)18-16(21)19(12)13-9-10(2)7-8-11(13)17/h4-9H,3H2,1-2H3,(H,18,21). The molecule has 3 nitrogen and oxygen atoms in total. The van der Waals surface area contributed by atoms with Crippen molar-refractivity contribution in [3.05, 3.63) is 51.8 Å². The number of nitrogens with one attached hydrogen (secondary N) is 1. The summed E-state index contributed by atoms with van der Waals surface area (Å²) >= 11 is 11.8. The summed E-state index contributed by atoms with van der Waals surface area (Å²) < 4.78 is 8.20. The van der Waals surface area contributed by atoms with Crippen LogP contribution < -0.4 is 4.74 Å². The minimum absolute atomic E-state index is 0.602. The predicted octanol–water partition coefficient (Wildman–Crippen LogP) is 5.05. The molecule has 1 aromatic heterocycles. The molecule has 0 unspecified atom stereocenters. The van der Waals surface area contributed by atoms with E-state index >= 15 is 0 Å². The van der Waals surface area contributed by atoms with Crippen molar-refractivity contribution in [1.82, 2.24) is 9.55 Å². The maximum absolute atomic E-state index is 6.35. The Balaban J connectivity index is 2.33. The Labute approximate surface area is 133 Å². The monoisotopic (exact) mass is 318 g/mol. The average Bonchev–Trinajstić information content (AvgIpc) is 2.79. The van der Waals surface area contributed by atoms with Crippen LogP contribution in [0.2, 0.25) is 5.02 Å². The number of hydrogen-bond donors (Lipinski definition) is 1. The zero-order valence-corrected chi connectivity index (χ0v) is 13.4. The van der Waals surface area contributed by atoms with Gasteiger partial charge in [-0.2, -0.15) is 0 Å². The molecule has 21 heavy (non-hydrogen) atoms. The highest BCUT2D eigenvalue weighted by atomic mass is 35.5. The molecule has 108 valence electrons. The Morgan fingerprint density at radius 2 is 2.10 bits per heavy atom. The normalized spacial score (nSPS) is 11.0. The Kier molecular flexibility index (Phi) is 3.74. The lowest BCUT2D eigenvalue weighted by Crippen LogP contribution is -1.96. The molecule has 0 radical (unpaired) electrons. The van der Waals surface area contributed by atoms with Crippen molar-refractivity contribution in [3.63, 3.8) is 0 Å². The van der Waals surface area contributed by atoms with E-state index in [1.54, 1.807) is 0 Å². The number of hydrogen-bond acceptors (Lipinski definition) is 2. The van der Waals surface area contributed by atoms with Crippen LogP contribution in [-0.2, 0) is 0 Å². The van der Waals surface area contributed by atoms with E-state index in [1.807, 2.05) is 54.8 Å². The Hall–Kier alpha value is -1.78. The van der Waals surface area contributed by atoms with Crippen LogP contribution in [0.15, 0.2) is 36.4 Å². The Bertz CT molecular complexity index is 866. The number of para-hydroxylation sites is 1. The number of benzene rings is 2. The van der Waals surface area contributed by atoms with E-state index in [0.717, 1.165) is 28.0 Å². The molecule has 5 heteroatoms. The first kappa shape index (κ1) is 14.2. The third-order valence-corrected chi connectivity index (χ3v) is 3.93. The van der Waals surface area contributed by atoms with E-state index in [0.29, 0.717) is 16.4 Å². The van der Waals surface area contributed by atoms with E-state index in [9.17, 15) is 0 Å². The molecule has 0 saturated heterocycles. The number of H-pyrrole nitrogens is 1. The molecule has 0 fully saturated rings. The zero-order chi connectivity index (χ0) is 15.0. The van der Waals surface area contributed by atoms with E-state index < -0.39 is 0 Å². The maximum Gasteiger partial charge on any atom is 0.182 e. The Morgan fingerprint density at radius 3 is 2.86 bits per heavy atom. The van der Waals surface area contributed by atoms with Gasteiger partial charge in [0.05, 0.1) is 22.8 Å². The number of rotatable bonds is 3. The molecule has 0 aliphatic rings. The van der Waals surface area contributed by atoms with Gasteiger partial charge in [0.2, 0.25) is 0 Å². The number of aromatic amines is 1. The summed E-state index contributed by atoms with van der Waals surface area (Å²) in [6.07, 6.45) is 0. The number of aromatic nitrogens is 2. The highest BCUT2D eigenvalue weighted by Gasteiger charge is 2.12. The number of ether oxygens (including phenoxy) is 1. The minimum atomic E-state index is 0.602. The van der Waals surface area contributed by atoms with E-state index in [1.165, 1.54) is 0 Å². The lowest BCUT2D eigenvalue weighted by Gasteiger charge is -2.09. The highest BCUT2D eigenvalue weighted by molar-refractivity contribution is 7.71. The van der Waals surface area contributed by atoms with Gasteiger partial charge in [0, 0.05) is 0 Å². The second-order valence-corrected chi connectivity index (χ2v) is 5.60. The van der Waals surface area contributed by atoms with Crippen molar-refractivity contribution in [3.8, 4) is 11.4 Å². The zero-order valence-electron chi connectivity index (χ0n) is 11.8. The van der Waals surface area contributed by atoms with E-state index in [4.69, 9.17) is 28.6 Å². The number of imidazole rings is 1. The van der Waals surface area contributed by atoms with Gasteiger partial charge in [-0.05, 0) is 55.9 Å². The third kappa shape index (κ3) is 2.45. The second-order valence-electron chi connectivity index (χ2n) is 4.80. The fourth-order valence-electron chi connectivity index (χ4n) is 2.41. The fourth-order valence-corrected chi connectivity index (χ4v) is 2.91. The van der Waals surface area contributed by atoms with Crippen LogP contribution in [0.5, 0.6) is 5.75 Å². The molecule has 0 amide bonds. The SMILES string of the molecule is CCOc1cccc2c1[nH]c(=S)n2-c1cc(C)ccc1Cl. The molecule has 0 saturated carbocycles. The molecule has 1 N–H and O–H groups in total. The van der Waals surface area contributed by atoms with Crippen LogP contribution in [0.4, 0.5) is 0 Å². The highest BCUT2D eigenvalue weighted by Crippen LogP contribution is 2.30. The molecule has 1 heterocycles. The van der Waals surface area contributed by atoms with Crippen molar-refractivity contribution >= 4 is 34.9 Å².